The third-order valence-electron chi connectivity index (χ3n) is 4.57. The molecule has 0 unspecified atom stereocenters. The van der Waals surface area contributed by atoms with Gasteiger partial charge in [0, 0.05) is 6.04 Å². The summed E-state index contributed by atoms with van der Waals surface area (Å²) in [5.41, 5.74) is 0.649. The van der Waals surface area contributed by atoms with E-state index in [0.717, 1.165) is 0 Å². The minimum Gasteiger partial charge on any atom is -0.485 e. The van der Waals surface area contributed by atoms with Crippen LogP contribution in [-0.4, -0.2) is 39.8 Å². The van der Waals surface area contributed by atoms with Crippen LogP contribution in [0.3, 0.4) is 0 Å². The molecule has 1 aromatic heterocycles. The first kappa shape index (κ1) is 19.3. The van der Waals surface area contributed by atoms with Crippen molar-refractivity contribution in [2.45, 2.75) is 32.5 Å². The fraction of sp³-hybridized carbons (Fsp3) is 0.286. The van der Waals surface area contributed by atoms with Gasteiger partial charge in [-0.25, -0.2) is 0 Å². The van der Waals surface area contributed by atoms with E-state index in [2.05, 4.69) is 10.2 Å². The van der Waals surface area contributed by atoms with Gasteiger partial charge in [0.05, 0.1) is 17.1 Å². The van der Waals surface area contributed by atoms with Crippen molar-refractivity contribution in [2.24, 2.45) is 0 Å². The Bertz CT molecular complexity index is 1020. The maximum absolute atomic E-state index is 13.1. The minimum atomic E-state index is -0.738. The van der Waals surface area contributed by atoms with Gasteiger partial charge < -0.3 is 18.8 Å². The van der Waals surface area contributed by atoms with Crippen molar-refractivity contribution >= 4 is 17.5 Å². The van der Waals surface area contributed by atoms with E-state index in [0.29, 0.717) is 33.9 Å². The molecular weight excluding hydrogens is 394 g/mol. The zero-order chi connectivity index (χ0) is 20.4. The highest BCUT2D eigenvalue weighted by molar-refractivity contribution is 6.33. The summed E-state index contributed by atoms with van der Waals surface area (Å²) in [4.78, 5) is 14.7. The molecule has 1 atom stereocenters. The Balaban J connectivity index is 1.50. The topological polar surface area (TPSA) is 77.7 Å². The summed E-state index contributed by atoms with van der Waals surface area (Å²) in [5, 5.41) is 8.66. The molecule has 0 bridgehead atoms. The fourth-order valence-corrected chi connectivity index (χ4v) is 3.26. The van der Waals surface area contributed by atoms with Gasteiger partial charge in [-0.2, -0.15) is 0 Å². The van der Waals surface area contributed by atoms with Crippen molar-refractivity contribution in [3.63, 3.8) is 0 Å². The zero-order valence-electron chi connectivity index (χ0n) is 16.0. The Morgan fingerprint density at radius 3 is 2.62 bits per heavy atom. The number of fused-ring (bicyclic) bond motifs is 1. The number of ether oxygens (including phenoxy) is 2. The lowest BCUT2D eigenvalue weighted by Crippen LogP contribution is -2.48. The monoisotopic (exact) mass is 413 g/mol. The molecule has 0 aliphatic carbocycles. The molecule has 8 heteroatoms. The van der Waals surface area contributed by atoms with E-state index in [4.69, 9.17) is 25.5 Å². The highest BCUT2D eigenvalue weighted by Crippen LogP contribution is 2.32. The van der Waals surface area contributed by atoms with E-state index in [1.54, 1.807) is 23.1 Å². The molecule has 1 aliphatic rings. The average molecular weight is 414 g/mol. The van der Waals surface area contributed by atoms with E-state index in [9.17, 15) is 4.79 Å². The van der Waals surface area contributed by atoms with E-state index in [-0.39, 0.29) is 25.1 Å². The Hall–Kier alpha value is -3.06. The van der Waals surface area contributed by atoms with Crippen molar-refractivity contribution in [3.05, 3.63) is 59.4 Å². The van der Waals surface area contributed by atoms with Gasteiger partial charge in [0.15, 0.2) is 11.5 Å². The fourth-order valence-electron chi connectivity index (χ4n) is 3.05. The number of benzene rings is 2. The van der Waals surface area contributed by atoms with Gasteiger partial charge in [-0.1, -0.05) is 35.9 Å². The number of carbonyl (C=O) groups excluding carboxylic acids is 1. The molecule has 1 aliphatic heterocycles. The number of aromatic nitrogens is 2. The Morgan fingerprint density at radius 1 is 1.14 bits per heavy atom. The van der Waals surface area contributed by atoms with Crippen LogP contribution >= 0.6 is 11.6 Å². The maximum atomic E-state index is 13.1. The van der Waals surface area contributed by atoms with E-state index in [1.165, 1.54) is 0 Å². The van der Waals surface area contributed by atoms with Gasteiger partial charge in [0.1, 0.15) is 6.61 Å². The summed E-state index contributed by atoms with van der Waals surface area (Å²) < 4.78 is 17.3. The summed E-state index contributed by atoms with van der Waals surface area (Å²) >= 11 is 6.19. The van der Waals surface area contributed by atoms with Gasteiger partial charge in [0.25, 0.3) is 5.91 Å². The Morgan fingerprint density at radius 2 is 1.86 bits per heavy atom. The van der Waals surface area contributed by atoms with Crippen LogP contribution in [0.15, 0.2) is 52.9 Å². The molecule has 2 aromatic carbocycles. The van der Waals surface area contributed by atoms with Crippen molar-refractivity contribution in [3.8, 4) is 23.0 Å². The maximum Gasteiger partial charge on any atom is 0.267 e. The lowest BCUT2D eigenvalue weighted by molar-refractivity contribution is -0.144. The molecule has 4 rings (SSSR count). The van der Waals surface area contributed by atoms with Gasteiger partial charge in [-0.3, -0.25) is 4.79 Å². The van der Waals surface area contributed by atoms with Gasteiger partial charge >= 0.3 is 0 Å². The molecular formula is C21H20ClN3O4. The smallest absolute Gasteiger partial charge is 0.267 e. The SMILES string of the molecule is CC(C)N(Cc1nnc(-c2ccccc2Cl)o1)C(=O)[C@H]1COc2ccccc2O1. The lowest BCUT2D eigenvalue weighted by Gasteiger charge is -2.32. The molecule has 0 fully saturated rings. The quantitative estimate of drug-likeness (QED) is 0.629. The number of rotatable bonds is 5. The van der Waals surface area contributed by atoms with Crippen LogP contribution in [0.4, 0.5) is 0 Å². The van der Waals surface area contributed by atoms with Crippen LogP contribution in [0.2, 0.25) is 5.02 Å². The molecule has 0 N–H and O–H groups in total. The van der Waals surface area contributed by atoms with E-state index < -0.39 is 6.10 Å². The minimum absolute atomic E-state index is 0.0982. The second kappa shape index (κ2) is 8.13. The summed E-state index contributed by atoms with van der Waals surface area (Å²) in [5.74, 6) is 1.62. The second-order valence-corrected chi connectivity index (χ2v) is 7.31. The molecule has 0 saturated carbocycles. The third-order valence-corrected chi connectivity index (χ3v) is 4.90. The first-order valence-electron chi connectivity index (χ1n) is 9.29. The first-order valence-corrected chi connectivity index (χ1v) is 9.67. The van der Waals surface area contributed by atoms with Crippen molar-refractivity contribution in [1.29, 1.82) is 0 Å². The second-order valence-electron chi connectivity index (χ2n) is 6.90. The van der Waals surface area contributed by atoms with Crippen molar-refractivity contribution in [2.75, 3.05) is 6.61 Å². The van der Waals surface area contributed by atoms with Crippen LogP contribution in [0.25, 0.3) is 11.5 Å². The first-order chi connectivity index (χ1) is 14.0. The van der Waals surface area contributed by atoms with Crippen LogP contribution < -0.4 is 9.47 Å². The normalized spacial score (nSPS) is 15.4. The van der Waals surface area contributed by atoms with Crippen LogP contribution in [-0.2, 0) is 11.3 Å². The molecule has 3 aromatic rings. The molecule has 1 amide bonds. The summed E-state index contributed by atoms with van der Waals surface area (Å²) in [7, 11) is 0. The number of halogens is 1. The largest absolute Gasteiger partial charge is 0.485 e. The van der Waals surface area contributed by atoms with Crippen LogP contribution in [0, 0.1) is 0 Å². The molecule has 150 valence electrons. The number of amides is 1. The zero-order valence-corrected chi connectivity index (χ0v) is 16.8. The predicted octanol–water partition coefficient (Wildman–Crippen LogP) is 3.97. The molecule has 7 nitrogen and oxygen atoms in total. The standard InChI is InChI=1S/C21H20ClN3O4/c1-13(2)25(21(26)18-12-27-16-9-5-6-10-17(16)28-18)11-19-23-24-20(29-19)14-7-3-4-8-15(14)22/h3-10,13,18H,11-12H2,1-2H3/t18-/m1/s1. The summed E-state index contributed by atoms with van der Waals surface area (Å²) in [6, 6.07) is 14.4. The molecule has 0 saturated heterocycles. The Kier molecular flexibility index (Phi) is 5.40. The number of hydrogen-bond donors (Lipinski definition) is 0. The van der Waals surface area contributed by atoms with Crippen molar-refractivity contribution < 1.29 is 18.7 Å². The summed E-state index contributed by atoms with van der Waals surface area (Å²) in [6.07, 6.45) is -0.738. The van der Waals surface area contributed by atoms with Crippen LogP contribution in [0.5, 0.6) is 11.5 Å². The van der Waals surface area contributed by atoms with Gasteiger partial charge in [-0.05, 0) is 38.1 Å². The lowest BCUT2D eigenvalue weighted by atomic mass is 10.2. The number of nitrogens with zero attached hydrogens (tertiary/aromatic N) is 3. The van der Waals surface area contributed by atoms with Crippen molar-refractivity contribution in [1.82, 2.24) is 15.1 Å². The number of para-hydroxylation sites is 2. The highest BCUT2D eigenvalue weighted by atomic mass is 35.5. The number of carbonyl (C=O) groups is 1. The third kappa shape index (κ3) is 4.05. The van der Waals surface area contributed by atoms with E-state index >= 15 is 0 Å². The van der Waals surface area contributed by atoms with Gasteiger partial charge in [0.2, 0.25) is 17.9 Å². The van der Waals surface area contributed by atoms with Crippen LogP contribution in [0.1, 0.15) is 19.7 Å². The molecule has 0 spiro atoms. The molecule has 0 radical (unpaired) electrons. The van der Waals surface area contributed by atoms with Gasteiger partial charge in [-0.15, -0.1) is 10.2 Å². The molecule has 2 heterocycles. The predicted molar refractivity (Wildman–Crippen MR) is 107 cm³/mol. The summed E-state index contributed by atoms with van der Waals surface area (Å²) in [6.45, 7) is 4.14. The van der Waals surface area contributed by atoms with E-state index in [1.807, 2.05) is 44.2 Å². The highest BCUT2D eigenvalue weighted by Gasteiger charge is 2.33. The number of hydrogen-bond acceptors (Lipinski definition) is 6. The average Bonchev–Trinajstić information content (AvgIpc) is 3.20. The Labute approximate surface area is 173 Å². The molecule has 29 heavy (non-hydrogen) atoms.